The van der Waals surface area contributed by atoms with E-state index in [1.54, 1.807) is 6.07 Å². The fourth-order valence-corrected chi connectivity index (χ4v) is 2.96. The number of carbonyl (C=O) groups is 1. The van der Waals surface area contributed by atoms with Gasteiger partial charge in [0, 0.05) is 0 Å². The van der Waals surface area contributed by atoms with E-state index in [2.05, 4.69) is 0 Å². The first-order chi connectivity index (χ1) is 10.7. The third-order valence-corrected chi connectivity index (χ3v) is 4.15. The van der Waals surface area contributed by atoms with E-state index in [4.69, 9.17) is 14.2 Å². The van der Waals surface area contributed by atoms with Crippen LogP contribution in [0, 0.1) is 0 Å². The lowest BCUT2D eigenvalue weighted by Gasteiger charge is -2.21. The number of hydrogen-bond donors (Lipinski definition) is 0. The molecule has 1 saturated heterocycles. The molecule has 4 nitrogen and oxygen atoms in total. The van der Waals surface area contributed by atoms with Crippen LogP contribution in [0.4, 0.5) is 0 Å². The predicted molar refractivity (Wildman–Crippen MR) is 80.4 cm³/mol. The summed E-state index contributed by atoms with van der Waals surface area (Å²) in [5, 5.41) is 0. The third-order valence-electron chi connectivity index (χ3n) is 4.15. The second-order valence-corrected chi connectivity index (χ2v) is 5.50. The van der Waals surface area contributed by atoms with E-state index < -0.39 is 5.60 Å². The van der Waals surface area contributed by atoms with Crippen LogP contribution in [0.1, 0.15) is 28.9 Å². The van der Waals surface area contributed by atoms with Crippen LogP contribution in [0.5, 0.6) is 11.5 Å². The number of rotatable bonds is 3. The molecular formula is C18H16O4. The largest absolute Gasteiger partial charge is 0.494 e. The van der Waals surface area contributed by atoms with Crippen molar-refractivity contribution in [2.24, 2.45) is 0 Å². The molecule has 0 amide bonds. The molecule has 0 aliphatic carbocycles. The summed E-state index contributed by atoms with van der Waals surface area (Å²) < 4.78 is 16.9. The van der Waals surface area contributed by atoms with Crippen LogP contribution in [-0.4, -0.2) is 24.6 Å². The minimum atomic E-state index is -0.860. The third kappa shape index (κ3) is 1.91. The fraction of sp³-hybridized carbons (Fsp3) is 0.278. The van der Waals surface area contributed by atoms with Crippen LogP contribution < -0.4 is 9.47 Å². The number of carbonyl (C=O) groups excluding carboxylic acids is 1. The van der Waals surface area contributed by atoms with Gasteiger partial charge in [0.2, 0.25) is 5.78 Å². The number of ether oxygens (including phenoxy) is 3. The van der Waals surface area contributed by atoms with E-state index in [9.17, 15) is 4.79 Å². The molecule has 1 fully saturated rings. The van der Waals surface area contributed by atoms with Crippen LogP contribution >= 0.6 is 0 Å². The van der Waals surface area contributed by atoms with Crippen molar-refractivity contribution in [3.05, 3.63) is 59.7 Å². The standard InChI is InChI=1S/C18H16O4/c1-2-20-13-9-7-12(8-10-13)17-18(22-17)11-21-15-6-4-3-5-14(15)16(18)19/h3-10,17H,2,11H2,1H3/t17-,18-/m0/s1. The number of epoxide rings is 1. The number of hydrogen-bond acceptors (Lipinski definition) is 4. The average Bonchev–Trinajstić information content (AvgIpc) is 3.28. The summed E-state index contributed by atoms with van der Waals surface area (Å²) in [7, 11) is 0. The lowest BCUT2D eigenvalue weighted by molar-refractivity contribution is 0.0755. The molecule has 0 aromatic heterocycles. The number of benzene rings is 2. The molecule has 1 spiro atoms. The molecule has 22 heavy (non-hydrogen) atoms. The van der Waals surface area contributed by atoms with Gasteiger partial charge in [0.15, 0.2) is 5.60 Å². The first kappa shape index (κ1) is 13.3. The minimum absolute atomic E-state index is 0.00762. The second kappa shape index (κ2) is 4.85. The van der Waals surface area contributed by atoms with Gasteiger partial charge in [-0.15, -0.1) is 0 Å². The zero-order valence-corrected chi connectivity index (χ0v) is 12.2. The van der Waals surface area contributed by atoms with Gasteiger partial charge in [0.1, 0.15) is 24.2 Å². The number of para-hydroxylation sites is 1. The number of ketones is 1. The highest BCUT2D eigenvalue weighted by atomic mass is 16.6. The maximum absolute atomic E-state index is 12.7. The molecule has 2 heterocycles. The zero-order valence-electron chi connectivity index (χ0n) is 12.2. The molecule has 0 radical (unpaired) electrons. The Hall–Kier alpha value is -2.33. The Balaban J connectivity index is 1.60. The maximum Gasteiger partial charge on any atom is 0.205 e. The van der Waals surface area contributed by atoms with E-state index in [-0.39, 0.29) is 18.5 Å². The van der Waals surface area contributed by atoms with E-state index in [1.165, 1.54) is 0 Å². The number of fused-ring (bicyclic) bond motifs is 1. The topological polar surface area (TPSA) is 48.1 Å². The molecule has 0 N–H and O–H groups in total. The highest BCUT2D eigenvalue weighted by Gasteiger charge is 2.65. The lowest BCUT2D eigenvalue weighted by atomic mass is 9.89. The van der Waals surface area contributed by atoms with Crippen molar-refractivity contribution in [3.63, 3.8) is 0 Å². The van der Waals surface area contributed by atoms with Crippen molar-refractivity contribution in [2.45, 2.75) is 18.6 Å². The van der Waals surface area contributed by atoms with Crippen LogP contribution in [0.2, 0.25) is 0 Å². The normalized spacial score (nSPS) is 25.5. The summed E-state index contributed by atoms with van der Waals surface area (Å²) in [6.45, 7) is 2.84. The first-order valence-electron chi connectivity index (χ1n) is 7.42. The summed E-state index contributed by atoms with van der Waals surface area (Å²) in [6, 6.07) is 15.0. The van der Waals surface area contributed by atoms with Gasteiger partial charge in [-0.2, -0.15) is 0 Å². The molecule has 2 aliphatic rings. The molecule has 2 aliphatic heterocycles. The lowest BCUT2D eigenvalue weighted by Crippen LogP contribution is -2.37. The van der Waals surface area contributed by atoms with Gasteiger partial charge in [0.25, 0.3) is 0 Å². The van der Waals surface area contributed by atoms with Crippen LogP contribution in [-0.2, 0) is 4.74 Å². The molecule has 112 valence electrons. The molecule has 4 heteroatoms. The van der Waals surface area contributed by atoms with E-state index >= 15 is 0 Å². The van der Waals surface area contributed by atoms with Gasteiger partial charge >= 0.3 is 0 Å². The summed E-state index contributed by atoms with van der Waals surface area (Å²) in [6.07, 6.45) is -0.246. The molecule has 0 unspecified atom stereocenters. The van der Waals surface area contributed by atoms with Crippen molar-refractivity contribution < 1.29 is 19.0 Å². The summed E-state index contributed by atoms with van der Waals surface area (Å²) >= 11 is 0. The maximum atomic E-state index is 12.7. The molecular weight excluding hydrogens is 280 g/mol. The monoisotopic (exact) mass is 296 g/mol. The van der Waals surface area contributed by atoms with Gasteiger partial charge in [-0.05, 0) is 36.8 Å². The van der Waals surface area contributed by atoms with Gasteiger partial charge in [-0.1, -0.05) is 24.3 Å². The molecule has 4 rings (SSSR count). The minimum Gasteiger partial charge on any atom is -0.494 e. The number of Topliss-reactive ketones (excluding diaryl/α,β-unsaturated/α-hetero) is 1. The van der Waals surface area contributed by atoms with Gasteiger partial charge in [0.05, 0.1) is 12.2 Å². The highest BCUT2D eigenvalue weighted by molar-refractivity contribution is 6.07. The Labute approximate surface area is 128 Å². The Morgan fingerprint density at radius 3 is 2.73 bits per heavy atom. The average molecular weight is 296 g/mol. The Morgan fingerprint density at radius 2 is 1.95 bits per heavy atom. The second-order valence-electron chi connectivity index (χ2n) is 5.50. The summed E-state index contributed by atoms with van der Waals surface area (Å²) in [4.78, 5) is 12.7. The van der Waals surface area contributed by atoms with E-state index in [0.717, 1.165) is 11.3 Å². The Morgan fingerprint density at radius 1 is 1.18 bits per heavy atom. The van der Waals surface area contributed by atoms with Crippen LogP contribution in [0.3, 0.4) is 0 Å². The summed E-state index contributed by atoms with van der Waals surface area (Å²) in [5.74, 6) is 1.46. The van der Waals surface area contributed by atoms with Gasteiger partial charge in [-0.25, -0.2) is 0 Å². The Bertz CT molecular complexity index is 722. The zero-order chi connectivity index (χ0) is 15.2. The molecule has 0 saturated carbocycles. The fourth-order valence-electron chi connectivity index (χ4n) is 2.96. The quantitative estimate of drug-likeness (QED) is 0.816. The van der Waals surface area contributed by atoms with Crippen molar-refractivity contribution in [2.75, 3.05) is 13.2 Å². The first-order valence-corrected chi connectivity index (χ1v) is 7.42. The van der Waals surface area contributed by atoms with Crippen molar-refractivity contribution in [3.8, 4) is 11.5 Å². The molecule has 2 aromatic rings. The highest BCUT2D eigenvalue weighted by Crippen LogP contribution is 2.54. The van der Waals surface area contributed by atoms with Crippen molar-refractivity contribution in [1.82, 2.24) is 0 Å². The van der Waals surface area contributed by atoms with Crippen LogP contribution in [0.25, 0.3) is 0 Å². The van der Waals surface area contributed by atoms with E-state index in [0.29, 0.717) is 17.9 Å². The Kier molecular flexibility index (Phi) is 2.94. The van der Waals surface area contributed by atoms with Crippen molar-refractivity contribution in [1.29, 1.82) is 0 Å². The summed E-state index contributed by atoms with van der Waals surface area (Å²) in [5.41, 5.74) is 0.712. The SMILES string of the molecule is CCOc1ccc([C@@H]2O[C@]23COc2ccccc2C3=O)cc1. The van der Waals surface area contributed by atoms with Crippen LogP contribution in [0.15, 0.2) is 48.5 Å². The van der Waals surface area contributed by atoms with Gasteiger partial charge < -0.3 is 14.2 Å². The van der Waals surface area contributed by atoms with Gasteiger partial charge in [-0.3, -0.25) is 4.79 Å². The smallest absolute Gasteiger partial charge is 0.205 e. The molecule has 2 atom stereocenters. The van der Waals surface area contributed by atoms with E-state index in [1.807, 2.05) is 49.4 Å². The molecule has 2 aromatic carbocycles. The predicted octanol–water partition coefficient (Wildman–Crippen LogP) is 3.17. The molecule has 0 bridgehead atoms. The van der Waals surface area contributed by atoms with Crippen molar-refractivity contribution >= 4 is 5.78 Å².